The number of hydrogen-bond acceptors (Lipinski definition) is 4. The molecule has 0 aliphatic heterocycles. The predicted octanol–water partition coefficient (Wildman–Crippen LogP) is 1.62. The summed E-state index contributed by atoms with van der Waals surface area (Å²) in [6, 6.07) is 6.71. The Morgan fingerprint density at radius 1 is 1.37 bits per heavy atom. The molecule has 0 saturated carbocycles. The summed E-state index contributed by atoms with van der Waals surface area (Å²) < 4.78 is 1.54. The Labute approximate surface area is 108 Å². The Kier molecular flexibility index (Phi) is 3.56. The van der Waals surface area contributed by atoms with Gasteiger partial charge in [0.05, 0.1) is 12.2 Å². The molecule has 19 heavy (non-hydrogen) atoms. The molecule has 0 fully saturated rings. The molecule has 0 aliphatic carbocycles. The van der Waals surface area contributed by atoms with Crippen LogP contribution in [-0.2, 0) is 6.54 Å². The molecule has 0 aliphatic rings. The Balaban J connectivity index is 2.12. The number of carbonyl (C=O) groups excluding carboxylic acids is 1. The number of nitrogens with one attached hydrogen (secondary N) is 1. The number of pyridine rings is 1. The van der Waals surface area contributed by atoms with E-state index in [0.717, 1.165) is 0 Å². The Bertz CT molecular complexity index is 621. The van der Waals surface area contributed by atoms with Crippen molar-refractivity contribution in [1.29, 1.82) is 0 Å². The molecule has 1 amide bonds. The van der Waals surface area contributed by atoms with Crippen LogP contribution < -0.4 is 5.32 Å². The van der Waals surface area contributed by atoms with E-state index >= 15 is 0 Å². The smallest absolute Gasteiger partial charge is 0.410 e. The summed E-state index contributed by atoms with van der Waals surface area (Å²) in [5.41, 5.74) is 1.08. The Morgan fingerprint density at radius 3 is 2.84 bits per heavy atom. The maximum atomic E-state index is 11.2. The standard InChI is InChI=1S/C12H12N4O3/c1-8(17)10-4-2-3-9(13-10)7-16-6-5-11(15-16)14-12(18)19/h2-6H,7H2,1H3,(H,14,15)(H,18,19). The van der Waals surface area contributed by atoms with E-state index in [2.05, 4.69) is 15.4 Å². The summed E-state index contributed by atoms with van der Waals surface area (Å²) in [5.74, 6) is 0.144. The zero-order chi connectivity index (χ0) is 13.8. The third-order valence-electron chi connectivity index (χ3n) is 2.37. The molecule has 98 valence electrons. The fourth-order valence-electron chi connectivity index (χ4n) is 1.56. The van der Waals surface area contributed by atoms with Crippen LogP contribution in [0.4, 0.5) is 10.6 Å². The number of Topliss-reactive ketones (excluding diaryl/α,β-unsaturated/α-hetero) is 1. The molecule has 0 radical (unpaired) electrons. The third kappa shape index (κ3) is 3.38. The van der Waals surface area contributed by atoms with Gasteiger partial charge in [0.25, 0.3) is 0 Å². The maximum absolute atomic E-state index is 11.2. The van der Waals surface area contributed by atoms with Crippen LogP contribution in [0.25, 0.3) is 0 Å². The number of rotatable bonds is 4. The molecule has 2 rings (SSSR count). The normalized spacial score (nSPS) is 10.2. The van der Waals surface area contributed by atoms with E-state index < -0.39 is 6.09 Å². The lowest BCUT2D eigenvalue weighted by Crippen LogP contribution is -2.09. The number of amides is 1. The number of carboxylic acid groups (broad SMARTS) is 1. The lowest BCUT2D eigenvalue weighted by Gasteiger charge is -2.02. The van der Waals surface area contributed by atoms with Crippen molar-refractivity contribution in [1.82, 2.24) is 14.8 Å². The molecule has 0 bridgehead atoms. The topological polar surface area (TPSA) is 97.1 Å². The fraction of sp³-hybridized carbons (Fsp3) is 0.167. The van der Waals surface area contributed by atoms with Gasteiger partial charge < -0.3 is 5.11 Å². The number of ketones is 1. The first-order valence-electron chi connectivity index (χ1n) is 5.55. The first kappa shape index (κ1) is 12.7. The van der Waals surface area contributed by atoms with E-state index in [1.165, 1.54) is 11.6 Å². The van der Waals surface area contributed by atoms with Gasteiger partial charge in [0.2, 0.25) is 0 Å². The van der Waals surface area contributed by atoms with E-state index in [-0.39, 0.29) is 11.6 Å². The zero-order valence-corrected chi connectivity index (χ0v) is 10.2. The van der Waals surface area contributed by atoms with Gasteiger partial charge in [0.15, 0.2) is 11.6 Å². The summed E-state index contributed by atoms with van der Waals surface area (Å²) in [6.45, 7) is 1.82. The average molecular weight is 260 g/mol. The van der Waals surface area contributed by atoms with E-state index in [1.807, 2.05) is 0 Å². The highest BCUT2D eigenvalue weighted by atomic mass is 16.4. The molecule has 2 aromatic rings. The highest BCUT2D eigenvalue weighted by Crippen LogP contribution is 2.06. The van der Waals surface area contributed by atoms with Gasteiger partial charge in [-0.05, 0) is 12.1 Å². The molecular formula is C12H12N4O3. The number of aromatic nitrogens is 3. The van der Waals surface area contributed by atoms with Gasteiger partial charge >= 0.3 is 6.09 Å². The molecule has 0 atom stereocenters. The number of carbonyl (C=O) groups is 2. The van der Waals surface area contributed by atoms with Gasteiger partial charge in [-0.2, -0.15) is 5.10 Å². The molecule has 2 heterocycles. The maximum Gasteiger partial charge on any atom is 0.410 e. The van der Waals surface area contributed by atoms with Crippen molar-refractivity contribution in [2.45, 2.75) is 13.5 Å². The van der Waals surface area contributed by atoms with E-state index in [0.29, 0.717) is 17.9 Å². The molecule has 7 nitrogen and oxygen atoms in total. The van der Waals surface area contributed by atoms with Gasteiger partial charge in [-0.1, -0.05) is 6.07 Å². The summed E-state index contributed by atoms with van der Waals surface area (Å²) in [6.07, 6.45) is 0.467. The minimum absolute atomic E-state index is 0.101. The first-order valence-corrected chi connectivity index (χ1v) is 5.55. The van der Waals surface area contributed by atoms with Crippen LogP contribution in [0.1, 0.15) is 23.1 Å². The Hall–Kier alpha value is -2.70. The number of nitrogens with zero attached hydrogens (tertiary/aromatic N) is 3. The zero-order valence-electron chi connectivity index (χ0n) is 10.2. The van der Waals surface area contributed by atoms with Crippen LogP contribution in [0, 0.1) is 0 Å². The lowest BCUT2D eigenvalue weighted by molar-refractivity contribution is 0.101. The molecule has 7 heteroatoms. The predicted molar refractivity (Wildman–Crippen MR) is 67.2 cm³/mol. The highest BCUT2D eigenvalue weighted by Gasteiger charge is 2.05. The molecule has 0 unspecified atom stereocenters. The highest BCUT2D eigenvalue weighted by molar-refractivity contribution is 5.92. The summed E-state index contributed by atoms with van der Waals surface area (Å²) in [5, 5.41) is 14.7. The van der Waals surface area contributed by atoms with E-state index in [1.54, 1.807) is 30.5 Å². The van der Waals surface area contributed by atoms with Crippen LogP contribution in [0.15, 0.2) is 30.5 Å². The van der Waals surface area contributed by atoms with Crippen molar-refractivity contribution in [2.24, 2.45) is 0 Å². The van der Waals surface area contributed by atoms with Crippen LogP contribution in [0.3, 0.4) is 0 Å². The van der Waals surface area contributed by atoms with Crippen molar-refractivity contribution in [3.8, 4) is 0 Å². The molecular weight excluding hydrogens is 248 g/mol. The lowest BCUT2D eigenvalue weighted by atomic mass is 10.2. The quantitative estimate of drug-likeness (QED) is 0.814. The van der Waals surface area contributed by atoms with Crippen molar-refractivity contribution in [3.05, 3.63) is 41.9 Å². The van der Waals surface area contributed by atoms with E-state index in [9.17, 15) is 9.59 Å². The third-order valence-corrected chi connectivity index (χ3v) is 2.37. The summed E-state index contributed by atoms with van der Waals surface area (Å²) in [4.78, 5) is 25.9. The van der Waals surface area contributed by atoms with Crippen LogP contribution in [-0.4, -0.2) is 31.7 Å². The second kappa shape index (κ2) is 5.30. The SMILES string of the molecule is CC(=O)c1cccc(Cn2ccc(NC(=O)O)n2)n1. The van der Waals surface area contributed by atoms with Gasteiger partial charge in [0.1, 0.15) is 5.69 Å². The average Bonchev–Trinajstić information content (AvgIpc) is 2.76. The minimum Gasteiger partial charge on any atom is -0.465 e. The molecule has 2 aromatic heterocycles. The van der Waals surface area contributed by atoms with Gasteiger partial charge in [-0.15, -0.1) is 0 Å². The second-order valence-corrected chi connectivity index (χ2v) is 3.90. The van der Waals surface area contributed by atoms with E-state index in [4.69, 9.17) is 5.11 Å². The monoisotopic (exact) mass is 260 g/mol. The van der Waals surface area contributed by atoms with Gasteiger partial charge in [-0.25, -0.2) is 9.78 Å². The minimum atomic E-state index is -1.16. The molecule has 0 spiro atoms. The van der Waals surface area contributed by atoms with Crippen molar-refractivity contribution >= 4 is 17.7 Å². The first-order chi connectivity index (χ1) is 9.04. The fourth-order valence-corrected chi connectivity index (χ4v) is 1.56. The Morgan fingerprint density at radius 2 is 2.16 bits per heavy atom. The van der Waals surface area contributed by atoms with Crippen molar-refractivity contribution < 1.29 is 14.7 Å². The second-order valence-electron chi connectivity index (χ2n) is 3.90. The van der Waals surface area contributed by atoms with Crippen LogP contribution in [0.2, 0.25) is 0 Å². The summed E-state index contributed by atoms with van der Waals surface area (Å²) in [7, 11) is 0. The summed E-state index contributed by atoms with van der Waals surface area (Å²) >= 11 is 0. The number of hydrogen-bond donors (Lipinski definition) is 2. The molecule has 0 aromatic carbocycles. The van der Waals surface area contributed by atoms with Crippen LogP contribution in [0.5, 0.6) is 0 Å². The van der Waals surface area contributed by atoms with Crippen molar-refractivity contribution in [2.75, 3.05) is 5.32 Å². The number of anilines is 1. The van der Waals surface area contributed by atoms with Crippen LogP contribution >= 0.6 is 0 Å². The largest absolute Gasteiger partial charge is 0.465 e. The van der Waals surface area contributed by atoms with Gasteiger partial charge in [0, 0.05) is 19.2 Å². The molecule has 0 saturated heterocycles. The van der Waals surface area contributed by atoms with Crippen molar-refractivity contribution in [3.63, 3.8) is 0 Å². The van der Waals surface area contributed by atoms with Gasteiger partial charge in [-0.3, -0.25) is 14.8 Å². The molecule has 2 N–H and O–H groups in total.